The fraction of sp³-hybridized carbons (Fsp3) is 0.421. The van der Waals surface area contributed by atoms with E-state index in [0.717, 1.165) is 19.5 Å². The number of aromatic nitrogens is 2. The average molecular weight is 354 g/mol. The summed E-state index contributed by atoms with van der Waals surface area (Å²) in [6.07, 6.45) is 3.98. The Morgan fingerprint density at radius 1 is 1.31 bits per heavy atom. The van der Waals surface area contributed by atoms with Crippen LogP contribution in [0.5, 0.6) is 0 Å². The monoisotopic (exact) mass is 354 g/mol. The number of morpholine rings is 1. The number of methoxy groups -OCH3 is 1. The van der Waals surface area contributed by atoms with Crippen LogP contribution in [0.25, 0.3) is 0 Å². The molecule has 1 N–H and O–H groups in total. The Morgan fingerprint density at radius 2 is 2.15 bits per heavy atom. The lowest BCUT2D eigenvalue weighted by Gasteiger charge is -2.35. The SMILES string of the molecule is COC(=O)c1cncnc1N[C@H]1C[C@H]2CO[C@@H](c3ccccc3)CN2C1. The van der Waals surface area contributed by atoms with Crippen LogP contribution in [-0.4, -0.2) is 59.7 Å². The maximum atomic E-state index is 11.9. The van der Waals surface area contributed by atoms with Gasteiger partial charge in [-0.1, -0.05) is 30.3 Å². The summed E-state index contributed by atoms with van der Waals surface area (Å²) < 4.78 is 10.9. The molecule has 4 rings (SSSR count). The molecule has 1 aromatic carbocycles. The molecule has 2 aliphatic rings. The molecule has 0 unspecified atom stereocenters. The molecule has 2 aromatic rings. The van der Waals surface area contributed by atoms with Crippen LogP contribution in [0.15, 0.2) is 42.9 Å². The van der Waals surface area contributed by atoms with E-state index in [1.165, 1.54) is 25.2 Å². The molecule has 0 aliphatic carbocycles. The molecule has 0 bridgehead atoms. The minimum absolute atomic E-state index is 0.107. The zero-order valence-corrected chi connectivity index (χ0v) is 14.7. The Hall–Kier alpha value is -2.51. The van der Waals surface area contributed by atoms with Crippen LogP contribution in [-0.2, 0) is 9.47 Å². The van der Waals surface area contributed by atoms with Gasteiger partial charge in [-0.25, -0.2) is 14.8 Å². The van der Waals surface area contributed by atoms with Crippen molar-refractivity contribution in [3.05, 3.63) is 54.0 Å². The van der Waals surface area contributed by atoms with Crippen LogP contribution in [0.4, 0.5) is 5.82 Å². The van der Waals surface area contributed by atoms with Gasteiger partial charge in [0, 0.05) is 31.4 Å². The summed E-state index contributed by atoms with van der Waals surface area (Å²) in [4.78, 5) is 22.5. The summed E-state index contributed by atoms with van der Waals surface area (Å²) in [5.74, 6) is 0.0912. The minimum Gasteiger partial charge on any atom is -0.465 e. The number of rotatable bonds is 4. The zero-order chi connectivity index (χ0) is 17.9. The van der Waals surface area contributed by atoms with Gasteiger partial charge in [-0.2, -0.15) is 0 Å². The molecule has 0 spiro atoms. The maximum Gasteiger partial charge on any atom is 0.343 e. The number of hydrogen-bond acceptors (Lipinski definition) is 7. The third-order valence-corrected chi connectivity index (χ3v) is 5.05. The summed E-state index contributed by atoms with van der Waals surface area (Å²) in [7, 11) is 1.36. The van der Waals surface area contributed by atoms with Crippen molar-refractivity contribution < 1.29 is 14.3 Å². The molecule has 26 heavy (non-hydrogen) atoms. The quantitative estimate of drug-likeness (QED) is 0.840. The van der Waals surface area contributed by atoms with E-state index in [1.54, 1.807) is 0 Å². The first kappa shape index (κ1) is 16.9. The van der Waals surface area contributed by atoms with E-state index in [1.807, 2.05) is 18.2 Å². The van der Waals surface area contributed by atoms with Gasteiger partial charge >= 0.3 is 5.97 Å². The van der Waals surface area contributed by atoms with Crippen molar-refractivity contribution in [1.29, 1.82) is 0 Å². The number of fused-ring (bicyclic) bond motifs is 1. The van der Waals surface area contributed by atoms with Crippen LogP contribution in [0.2, 0.25) is 0 Å². The van der Waals surface area contributed by atoms with Crippen LogP contribution in [0, 0.1) is 0 Å². The minimum atomic E-state index is -0.434. The molecule has 3 atom stereocenters. The van der Waals surface area contributed by atoms with Crippen molar-refractivity contribution in [2.24, 2.45) is 0 Å². The highest BCUT2D eigenvalue weighted by molar-refractivity contribution is 5.94. The van der Waals surface area contributed by atoms with Gasteiger partial charge in [-0.05, 0) is 12.0 Å². The number of ether oxygens (including phenoxy) is 2. The van der Waals surface area contributed by atoms with Crippen molar-refractivity contribution in [2.45, 2.75) is 24.6 Å². The standard InChI is InChI=1S/C19H22N4O3/c1-25-19(24)16-8-20-12-21-18(16)22-14-7-15-11-26-17(10-23(15)9-14)13-5-3-2-4-6-13/h2-6,8,12,14-15,17H,7,9-11H2,1H3,(H,20,21,22)/t14-,15-,17+/m0/s1. The number of carbonyl (C=O) groups is 1. The van der Waals surface area contributed by atoms with Crippen molar-refractivity contribution in [3.63, 3.8) is 0 Å². The van der Waals surface area contributed by atoms with Gasteiger partial charge < -0.3 is 14.8 Å². The zero-order valence-electron chi connectivity index (χ0n) is 14.7. The molecule has 0 saturated carbocycles. The van der Waals surface area contributed by atoms with Crippen molar-refractivity contribution >= 4 is 11.8 Å². The number of carbonyl (C=O) groups excluding carboxylic acids is 1. The summed E-state index contributed by atoms with van der Waals surface area (Å²) in [5.41, 5.74) is 1.57. The lowest BCUT2D eigenvalue weighted by atomic mass is 10.1. The highest BCUT2D eigenvalue weighted by Crippen LogP contribution is 2.31. The van der Waals surface area contributed by atoms with Gasteiger partial charge in [0.2, 0.25) is 0 Å². The van der Waals surface area contributed by atoms with Gasteiger partial charge in [0.1, 0.15) is 17.7 Å². The predicted octanol–water partition coefficient (Wildman–Crippen LogP) is 1.89. The van der Waals surface area contributed by atoms with Gasteiger partial charge in [-0.15, -0.1) is 0 Å². The molecular formula is C19H22N4O3. The number of hydrogen-bond donors (Lipinski definition) is 1. The normalized spacial score (nSPS) is 25.5. The fourth-order valence-electron chi connectivity index (χ4n) is 3.75. The first-order valence-electron chi connectivity index (χ1n) is 8.80. The summed E-state index contributed by atoms with van der Waals surface area (Å²) in [5, 5.41) is 3.39. The second-order valence-corrected chi connectivity index (χ2v) is 6.69. The average Bonchev–Trinajstić information content (AvgIpc) is 3.10. The Kier molecular flexibility index (Phi) is 4.81. The van der Waals surface area contributed by atoms with Gasteiger partial charge in [-0.3, -0.25) is 4.90 Å². The van der Waals surface area contributed by atoms with E-state index < -0.39 is 5.97 Å². The highest BCUT2D eigenvalue weighted by Gasteiger charge is 2.38. The van der Waals surface area contributed by atoms with E-state index in [9.17, 15) is 4.79 Å². The van der Waals surface area contributed by atoms with E-state index in [2.05, 4.69) is 32.3 Å². The van der Waals surface area contributed by atoms with E-state index >= 15 is 0 Å². The lowest BCUT2D eigenvalue weighted by Crippen LogP contribution is -2.42. The number of anilines is 1. The van der Waals surface area contributed by atoms with Crippen molar-refractivity contribution in [1.82, 2.24) is 14.9 Å². The Bertz CT molecular complexity index is 770. The molecule has 2 aliphatic heterocycles. The molecule has 7 nitrogen and oxygen atoms in total. The second-order valence-electron chi connectivity index (χ2n) is 6.69. The number of nitrogens with one attached hydrogen (secondary N) is 1. The molecule has 1 aromatic heterocycles. The first-order chi connectivity index (χ1) is 12.7. The first-order valence-corrected chi connectivity index (χ1v) is 8.80. The molecule has 0 amide bonds. The smallest absolute Gasteiger partial charge is 0.343 e. The van der Waals surface area contributed by atoms with E-state index in [-0.39, 0.29) is 12.1 Å². The second kappa shape index (κ2) is 7.39. The van der Waals surface area contributed by atoms with Gasteiger partial charge in [0.15, 0.2) is 0 Å². The Morgan fingerprint density at radius 3 is 2.96 bits per heavy atom. The Labute approximate surface area is 152 Å². The predicted molar refractivity (Wildman–Crippen MR) is 95.9 cm³/mol. The van der Waals surface area contributed by atoms with E-state index in [0.29, 0.717) is 24.0 Å². The van der Waals surface area contributed by atoms with Crippen molar-refractivity contribution in [2.75, 3.05) is 32.1 Å². The summed E-state index contributed by atoms with van der Waals surface area (Å²) in [6.45, 7) is 2.48. The van der Waals surface area contributed by atoms with Crippen molar-refractivity contribution in [3.8, 4) is 0 Å². The third-order valence-electron chi connectivity index (χ3n) is 5.05. The molecule has 3 heterocycles. The summed E-state index contributed by atoms with van der Waals surface area (Å²) >= 11 is 0. The molecule has 7 heteroatoms. The Balaban J connectivity index is 1.43. The third kappa shape index (κ3) is 3.40. The maximum absolute atomic E-state index is 11.9. The number of esters is 1. The van der Waals surface area contributed by atoms with Crippen LogP contribution < -0.4 is 5.32 Å². The lowest BCUT2D eigenvalue weighted by molar-refractivity contribution is -0.0501. The molecular weight excluding hydrogens is 332 g/mol. The largest absolute Gasteiger partial charge is 0.465 e. The summed E-state index contributed by atoms with van der Waals surface area (Å²) in [6, 6.07) is 10.9. The molecule has 136 valence electrons. The fourth-order valence-corrected chi connectivity index (χ4v) is 3.75. The molecule has 2 fully saturated rings. The highest BCUT2D eigenvalue weighted by atomic mass is 16.5. The molecule has 2 saturated heterocycles. The van der Waals surface area contributed by atoms with Crippen LogP contribution in [0.3, 0.4) is 0 Å². The van der Waals surface area contributed by atoms with Gasteiger partial charge in [0.25, 0.3) is 0 Å². The van der Waals surface area contributed by atoms with Crippen LogP contribution in [0.1, 0.15) is 28.4 Å². The van der Waals surface area contributed by atoms with Crippen LogP contribution >= 0.6 is 0 Å². The van der Waals surface area contributed by atoms with Gasteiger partial charge in [0.05, 0.1) is 19.8 Å². The number of benzene rings is 1. The number of nitrogens with zero attached hydrogens (tertiary/aromatic N) is 3. The molecule has 0 radical (unpaired) electrons. The topological polar surface area (TPSA) is 76.6 Å². The van der Waals surface area contributed by atoms with E-state index in [4.69, 9.17) is 9.47 Å².